The molecule has 0 aromatic carbocycles. The molecule has 3 saturated heterocycles. The number of amides is 3. The van der Waals surface area contributed by atoms with E-state index in [0.29, 0.717) is 29.7 Å². The van der Waals surface area contributed by atoms with Gasteiger partial charge in [-0.25, -0.2) is 4.79 Å². The summed E-state index contributed by atoms with van der Waals surface area (Å²) >= 11 is 1.94. The lowest BCUT2D eigenvalue weighted by molar-refractivity contribution is -0.135. The van der Waals surface area contributed by atoms with Crippen LogP contribution >= 0.6 is 24.2 Å². The normalized spacial score (nSPS) is 35.0. The minimum absolute atomic E-state index is 0. The Morgan fingerprint density at radius 3 is 2.88 bits per heavy atom. The molecule has 3 aliphatic heterocycles. The highest BCUT2D eigenvalue weighted by atomic mass is 35.5. The third-order valence-corrected chi connectivity index (χ3v) is 6.93. The largest absolute Gasteiger partial charge is 0.337 e. The number of hydrogen-bond donors (Lipinski definition) is 3. The molecule has 5 atom stereocenters. The molecule has 0 aromatic rings. The van der Waals surface area contributed by atoms with Crippen LogP contribution in [0.15, 0.2) is 0 Å². The highest BCUT2D eigenvalue weighted by Crippen LogP contribution is 2.33. The van der Waals surface area contributed by atoms with Crippen LogP contribution in [0.4, 0.5) is 4.79 Å². The average Bonchev–Trinajstić information content (AvgIpc) is 3.06. The fourth-order valence-corrected chi connectivity index (χ4v) is 5.36. The lowest BCUT2D eigenvalue weighted by Gasteiger charge is -2.38. The van der Waals surface area contributed by atoms with Crippen molar-refractivity contribution in [3.05, 3.63) is 0 Å². The number of nitrogens with zero attached hydrogens (tertiary/aromatic N) is 1. The van der Waals surface area contributed by atoms with Gasteiger partial charge in [-0.15, -0.1) is 12.4 Å². The third kappa shape index (κ3) is 4.29. The first kappa shape index (κ1) is 19.7. The molecule has 24 heavy (non-hydrogen) atoms. The van der Waals surface area contributed by atoms with Gasteiger partial charge in [-0.1, -0.05) is 6.42 Å². The minimum atomic E-state index is -0.0257. The number of rotatable bonds is 5. The minimum Gasteiger partial charge on any atom is -0.337 e. The van der Waals surface area contributed by atoms with Crippen LogP contribution in [-0.4, -0.2) is 65.1 Å². The predicted molar refractivity (Wildman–Crippen MR) is 99.8 cm³/mol. The molecule has 5 unspecified atom stereocenters. The molecule has 0 radical (unpaired) electrons. The Kier molecular flexibility index (Phi) is 7.07. The molecular weight excluding hydrogens is 348 g/mol. The summed E-state index contributed by atoms with van der Waals surface area (Å²) in [6.45, 7) is 5.98. The quantitative estimate of drug-likeness (QED) is 0.500. The van der Waals surface area contributed by atoms with Gasteiger partial charge in [0.2, 0.25) is 5.91 Å². The lowest BCUT2D eigenvalue weighted by atomic mass is 10.0. The van der Waals surface area contributed by atoms with Crippen LogP contribution in [-0.2, 0) is 4.79 Å². The first-order chi connectivity index (χ1) is 11.1. The van der Waals surface area contributed by atoms with Crippen LogP contribution in [0.2, 0.25) is 0 Å². The molecule has 3 amide bonds. The number of halogens is 1. The highest BCUT2D eigenvalue weighted by molar-refractivity contribution is 8.00. The van der Waals surface area contributed by atoms with Gasteiger partial charge in [0, 0.05) is 42.6 Å². The van der Waals surface area contributed by atoms with Crippen LogP contribution < -0.4 is 16.0 Å². The van der Waals surface area contributed by atoms with Gasteiger partial charge < -0.3 is 20.9 Å². The predicted octanol–water partition coefficient (Wildman–Crippen LogP) is 1.34. The number of carbonyl (C=O) groups is 2. The number of thioether (sulfide) groups is 1. The summed E-state index contributed by atoms with van der Waals surface area (Å²) in [5, 5.41) is 9.90. The monoisotopic (exact) mass is 376 g/mol. The maximum absolute atomic E-state index is 12.4. The Labute approximate surface area is 154 Å². The number of hydrogen-bond acceptors (Lipinski definition) is 4. The Morgan fingerprint density at radius 1 is 1.29 bits per heavy atom. The summed E-state index contributed by atoms with van der Waals surface area (Å²) in [7, 11) is 0. The molecule has 0 aromatic heterocycles. The van der Waals surface area contributed by atoms with E-state index in [9.17, 15) is 9.59 Å². The summed E-state index contributed by atoms with van der Waals surface area (Å²) in [6, 6.07) is 1.20. The van der Waals surface area contributed by atoms with Gasteiger partial charge in [-0.05, 0) is 26.7 Å². The standard InChI is InChI=1S/C16H28N4O2S.ClH/c1-10-11(2)20(8-7-17-10)14(21)6-4-3-5-13-15-12(9-23-13)18-16(22)19-15;/h10-13,15,17H,3-9H2,1-2H3,(H2,18,19,22);1H. The third-order valence-electron chi connectivity index (χ3n) is 5.42. The fourth-order valence-electron chi connectivity index (χ4n) is 3.82. The van der Waals surface area contributed by atoms with E-state index in [1.54, 1.807) is 0 Å². The van der Waals surface area contributed by atoms with E-state index >= 15 is 0 Å². The Bertz CT molecular complexity index is 467. The number of piperazine rings is 1. The SMILES string of the molecule is CC1NCCN(C(=O)CCCCC2SCC3NC(=O)NC32)C1C.Cl. The topological polar surface area (TPSA) is 73.5 Å². The zero-order valence-corrected chi connectivity index (χ0v) is 16.0. The maximum atomic E-state index is 12.4. The van der Waals surface area contributed by atoms with Crippen LogP contribution in [0.5, 0.6) is 0 Å². The van der Waals surface area contributed by atoms with E-state index in [2.05, 4.69) is 29.8 Å². The van der Waals surface area contributed by atoms with Gasteiger partial charge in [0.25, 0.3) is 0 Å². The Morgan fingerprint density at radius 2 is 2.08 bits per heavy atom. The van der Waals surface area contributed by atoms with Crippen molar-refractivity contribution < 1.29 is 9.59 Å². The van der Waals surface area contributed by atoms with Crippen LogP contribution in [0.3, 0.4) is 0 Å². The van der Waals surface area contributed by atoms with Crippen molar-refractivity contribution in [1.82, 2.24) is 20.9 Å². The molecule has 8 heteroatoms. The Balaban J connectivity index is 0.00000208. The van der Waals surface area contributed by atoms with Gasteiger partial charge >= 0.3 is 6.03 Å². The zero-order chi connectivity index (χ0) is 16.4. The molecule has 0 saturated carbocycles. The Hall–Kier alpha value is -0.660. The zero-order valence-electron chi connectivity index (χ0n) is 14.4. The number of fused-ring (bicyclic) bond motifs is 1. The van der Waals surface area contributed by atoms with Crippen molar-refractivity contribution in [3.63, 3.8) is 0 Å². The van der Waals surface area contributed by atoms with Crippen molar-refractivity contribution in [2.24, 2.45) is 0 Å². The number of urea groups is 1. The van der Waals surface area contributed by atoms with Gasteiger partial charge in [0.05, 0.1) is 12.1 Å². The molecule has 6 nitrogen and oxygen atoms in total. The van der Waals surface area contributed by atoms with Crippen molar-refractivity contribution in [1.29, 1.82) is 0 Å². The van der Waals surface area contributed by atoms with E-state index in [1.165, 1.54) is 0 Å². The van der Waals surface area contributed by atoms with Crippen molar-refractivity contribution in [2.45, 2.75) is 68.9 Å². The second-order valence-electron chi connectivity index (χ2n) is 6.94. The number of nitrogens with one attached hydrogen (secondary N) is 3. The second-order valence-corrected chi connectivity index (χ2v) is 8.21. The first-order valence-corrected chi connectivity index (χ1v) is 9.82. The molecule has 3 aliphatic rings. The molecule has 3 heterocycles. The highest BCUT2D eigenvalue weighted by Gasteiger charge is 2.42. The summed E-state index contributed by atoms with van der Waals surface area (Å²) < 4.78 is 0. The van der Waals surface area contributed by atoms with Gasteiger partial charge in [0.15, 0.2) is 0 Å². The smallest absolute Gasteiger partial charge is 0.315 e. The molecule has 0 aliphatic carbocycles. The molecule has 3 fully saturated rings. The van der Waals surface area contributed by atoms with Crippen molar-refractivity contribution >= 4 is 36.1 Å². The van der Waals surface area contributed by atoms with Crippen LogP contribution in [0.25, 0.3) is 0 Å². The number of unbranched alkanes of at least 4 members (excludes halogenated alkanes) is 1. The summed E-state index contributed by atoms with van der Waals surface area (Å²) in [4.78, 5) is 25.8. The molecular formula is C16H29ClN4O2S. The van der Waals surface area contributed by atoms with Gasteiger partial charge in [0.1, 0.15) is 0 Å². The first-order valence-electron chi connectivity index (χ1n) is 8.77. The van der Waals surface area contributed by atoms with Gasteiger partial charge in [-0.2, -0.15) is 11.8 Å². The lowest BCUT2D eigenvalue weighted by Crippen LogP contribution is -2.57. The van der Waals surface area contributed by atoms with Gasteiger partial charge in [-0.3, -0.25) is 4.79 Å². The van der Waals surface area contributed by atoms with Crippen molar-refractivity contribution in [2.75, 3.05) is 18.8 Å². The van der Waals surface area contributed by atoms with E-state index in [1.807, 2.05) is 16.7 Å². The van der Waals surface area contributed by atoms with Crippen LogP contribution in [0.1, 0.15) is 39.5 Å². The van der Waals surface area contributed by atoms with Crippen molar-refractivity contribution in [3.8, 4) is 0 Å². The second kappa shape index (κ2) is 8.63. The number of carbonyl (C=O) groups excluding carboxylic acids is 2. The molecule has 0 spiro atoms. The van der Waals surface area contributed by atoms with E-state index in [4.69, 9.17) is 0 Å². The molecule has 138 valence electrons. The van der Waals surface area contributed by atoms with E-state index in [-0.39, 0.29) is 30.5 Å². The summed E-state index contributed by atoms with van der Waals surface area (Å²) in [6.07, 6.45) is 3.72. The summed E-state index contributed by atoms with van der Waals surface area (Å²) in [5.41, 5.74) is 0. The average molecular weight is 377 g/mol. The molecule has 3 rings (SSSR count). The maximum Gasteiger partial charge on any atom is 0.315 e. The fraction of sp³-hybridized carbons (Fsp3) is 0.875. The van der Waals surface area contributed by atoms with E-state index in [0.717, 1.165) is 38.1 Å². The van der Waals surface area contributed by atoms with Crippen LogP contribution in [0, 0.1) is 0 Å². The summed E-state index contributed by atoms with van der Waals surface area (Å²) in [5.74, 6) is 1.29. The molecule has 3 N–H and O–H groups in total. The molecule has 0 bridgehead atoms. The van der Waals surface area contributed by atoms with E-state index < -0.39 is 0 Å².